The second-order valence-corrected chi connectivity index (χ2v) is 7.00. The van der Waals surface area contributed by atoms with E-state index in [4.69, 9.17) is 4.65 Å². The third-order valence-corrected chi connectivity index (χ3v) is 5.25. The molecule has 0 amide bonds. The van der Waals surface area contributed by atoms with Crippen LogP contribution in [-0.2, 0) is 6.42 Å². The number of aromatic carboxylic acids is 1. The number of aromatic nitrogens is 2. The molecule has 24 heavy (non-hydrogen) atoms. The monoisotopic (exact) mass is 374 g/mol. The summed E-state index contributed by atoms with van der Waals surface area (Å²) in [6.07, 6.45) is 0.274. The Hall–Kier alpha value is -1.92. The van der Waals surface area contributed by atoms with Gasteiger partial charge in [-0.15, -0.1) is 10.2 Å². The van der Waals surface area contributed by atoms with E-state index in [1.54, 1.807) is 5.51 Å². The van der Waals surface area contributed by atoms with Crippen molar-refractivity contribution >= 4 is 36.2 Å². The lowest BCUT2D eigenvalue weighted by Crippen LogP contribution is -2.40. The third-order valence-electron chi connectivity index (χ3n) is 3.20. The number of hydrogen-bond donors (Lipinski definition) is 2. The van der Waals surface area contributed by atoms with Gasteiger partial charge in [-0.3, -0.25) is 0 Å². The van der Waals surface area contributed by atoms with Crippen LogP contribution >= 0.6 is 23.1 Å². The molecule has 2 N–H and O–H groups in total. The predicted molar refractivity (Wildman–Crippen MR) is 81.9 cm³/mol. The summed E-state index contributed by atoms with van der Waals surface area (Å²) in [5.41, 5.74) is 1.48. The number of carboxylic acid groups (broad SMARTS) is 1. The van der Waals surface area contributed by atoms with Gasteiger partial charge < -0.3 is 19.5 Å². The molecule has 0 unspecified atom stereocenters. The lowest BCUT2D eigenvalue weighted by molar-refractivity contribution is -0.0504. The van der Waals surface area contributed by atoms with Crippen LogP contribution in [-0.4, -0.2) is 45.2 Å². The molecule has 12 heteroatoms. The van der Waals surface area contributed by atoms with E-state index in [0.29, 0.717) is 9.90 Å². The summed E-state index contributed by atoms with van der Waals surface area (Å²) in [7, 11) is -1.33. The number of thioether (sulfide) groups is 1. The highest BCUT2D eigenvalue weighted by Gasteiger charge is 2.39. The molecule has 1 aromatic carbocycles. The molecule has 0 saturated carbocycles. The molecule has 3 rings (SSSR count). The van der Waals surface area contributed by atoms with Gasteiger partial charge in [0.1, 0.15) is 22.6 Å². The normalized spacial score (nSPS) is 16.7. The lowest BCUT2D eigenvalue weighted by atomic mass is 9.77. The minimum absolute atomic E-state index is 0.165. The van der Waals surface area contributed by atoms with E-state index in [0.717, 1.165) is 6.07 Å². The number of hydrogen-bond acceptors (Lipinski definition) is 8. The predicted octanol–water partition coefficient (Wildman–Crippen LogP) is 1.95. The fourth-order valence-corrected chi connectivity index (χ4v) is 4.05. The van der Waals surface area contributed by atoms with Gasteiger partial charge in [-0.2, -0.15) is 8.78 Å². The maximum absolute atomic E-state index is 12.4. The quantitative estimate of drug-likeness (QED) is 0.766. The minimum atomic E-state index is -3.17. The summed E-state index contributed by atoms with van der Waals surface area (Å²) in [4.78, 5) is 11.4. The summed E-state index contributed by atoms with van der Waals surface area (Å²) < 4.78 is 35.0. The van der Waals surface area contributed by atoms with Crippen LogP contribution in [0.25, 0.3) is 0 Å². The van der Waals surface area contributed by atoms with E-state index in [1.165, 1.54) is 29.2 Å². The first-order chi connectivity index (χ1) is 11.5. The van der Waals surface area contributed by atoms with Crippen molar-refractivity contribution in [3.8, 4) is 11.5 Å². The average Bonchev–Trinajstić information content (AvgIpc) is 3.00. The van der Waals surface area contributed by atoms with E-state index < -0.39 is 36.2 Å². The van der Waals surface area contributed by atoms with Crippen LogP contribution in [0.15, 0.2) is 22.0 Å². The van der Waals surface area contributed by atoms with Crippen molar-refractivity contribution in [2.75, 3.05) is 0 Å². The van der Waals surface area contributed by atoms with Crippen molar-refractivity contribution in [3.05, 3.63) is 28.8 Å². The molecule has 0 bridgehead atoms. The molecule has 1 atom stereocenters. The fraction of sp³-hybridized carbons (Fsp3) is 0.250. The van der Waals surface area contributed by atoms with Crippen LogP contribution in [0.2, 0.25) is 0 Å². The number of ether oxygens (including phenoxy) is 1. The molecule has 1 aliphatic rings. The number of nitrogens with zero attached hydrogens (tertiary/aromatic N) is 2. The van der Waals surface area contributed by atoms with Crippen LogP contribution in [0.4, 0.5) is 8.78 Å². The number of rotatable bonds is 5. The van der Waals surface area contributed by atoms with Gasteiger partial charge in [-0.25, -0.2) is 4.79 Å². The van der Waals surface area contributed by atoms with Crippen molar-refractivity contribution in [2.45, 2.75) is 22.5 Å². The van der Waals surface area contributed by atoms with Crippen LogP contribution < -0.4 is 9.39 Å². The van der Waals surface area contributed by atoms with Crippen molar-refractivity contribution in [2.24, 2.45) is 0 Å². The topological polar surface area (TPSA) is 102 Å². The van der Waals surface area contributed by atoms with Crippen LogP contribution in [0, 0.1) is 0 Å². The van der Waals surface area contributed by atoms with Gasteiger partial charge in [0.05, 0.1) is 5.15 Å². The first-order valence-electron chi connectivity index (χ1n) is 6.57. The van der Waals surface area contributed by atoms with Gasteiger partial charge in [0.25, 0.3) is 0 Å². The SMILES string of the molecule is O=C(O)c1c(OC(F)F)ccc2c1OB(O)[C@@H](Sc1nncs1)C2. The van der Waals surface area contributed by atoms with Crippen molar-refractivity contribution in [3.63, 3.8) is 0 Å². The first kappa shape index (κ1) is 16.9. The van der Waals surface area contributed by atoms with Crippen molar-refractivity contribution in [1.82, 2.24) is 10.2 Å². The highest BCUT2D eigenvalue weighted by molar-refractivity contribution is 8.02. The van der Waals surface area contributed by atoms with Gasteiger partial charge in [0, 0.05) is 0 Å². The molecular weight excluding hydrogens is 365 g/mol. The molecule has 7 nitrogen and oxygen atoms in total. The van der Waals surface area contributed by atoms with E-state index in [1.807, 2.05) is 0 Å². The molecule has 0 radical (unpaired) electrons. The van der Waals surface area contributed by atoms with Crippen LogP contribution in [0.3, 0.4) is 0 Å². The van der Waals surface area contributed by atoms with E-state index in [2.05, 4.69) is 14.9 Å². The van der Waals surface area contributed by atoms with Gasteiger partial charge in [-0.05, 0) is 18.1 Å². The third kappa shape index (κ3) is 3.44. The Morgan fingerprint density at radius 2 is 2.33 bits per heavy atom. The molecule has 0 saturated heterocycles. The standard InChI is InChI=1S/C12H9BF2N2O5S2/c14-11(15)21-6-2-1-5-3-7(24-12-17-16-4-23-12)13(20)22-9(5)8(6)10(18)19/h1-2,4,7,11,20H,3H2,(H,18,19)/t7-/m0/s1. The number of fused-ring (bicyclic) bond motifs is 1. The van der Waals surface area contributed by atoms with Crippen LogP contribution in [0.5, 0.6) is 11.5 Å². The van der Waals surface area contributed by atoms with Gasteiger partial charge in [-0.1, -0.05) is 29.2 Å². The zero-order valence-corrected chi connectivity index (χ0v) is 13.4. The van der Waals surface area contributed by atoms with Gasteiger partial charge in [0.2, 0.25) is 0 Å². The molecule has 0 aliphatic carbocycles. The highest BCUT2D eigenvalue weighted by atomic mass is 32.2. The smallest absolute Gasteiger partial charge is 0.534 e. The molecule has 0 fully saturated rings. The number of carboxylic acids is 1. The molecule has 1 aromatic heterocycles. The Morgan fingerprint density at radius 3 is 2.96 bits per heavy atom. The number of benzene rings is 1. The summed E-state index contributed by atoms with van der Waals surface area (Å²) in [5.74, 6) is -2.16. The molecule has 2 aromatic rings. The Kier molecular flexibility index (Phi) is 4.87. The largest absolute Gasteiger partial charge is 0.537 e. The van der Waals surface area contributed by atoms with E-state index >= 15 is 0 Å². The van der Waals surface area contributed by atoms with E-state index in [9.17, 15) is 23.7 Å². The second-order valence-electron chi connectivity index (χ2n) is 4.68. The molecule has 126 valence electrons. The van der Waals surface area contributed by atoms with Crippen molar-refractivity contribution in [1.29, 1.82) is 0 Å². The Labute approximate surface area is 142 Å². The highest BCUT2D eigenvalue weighted by Crippen LogP contribution is 2.40. The number of halogens is 2. The first-order valence-corrected chi connectivity index (χ1v) is 8.33. The second kappa shape index (κ2) is 6.91. The summed E-state index contributed by atoms with van der Waals surface area (Å²) in [5, 5.41) is 26.5. The molecule has 2 heterocycles. The van der Waals surface area contributed by atoms with Gasteiger partial charge in [0.15, 0.2) is 4.34 Å². The fourth-order valence-electron chi connectivity index (χ4n) is 2.26. The Morgan fingerprint density at radius 1 is 1.54 bits per heavy atom. The molecule has 1 aliphatic heterocycles. The zero-order chi connectivity index (χ0) is 17.3. The zero-order valence-electron chi connectivity index (χ0n) is 11.8. The Bertz CT molecular complexity index is 749. The maximum Gasteiger partial charge on any atom is 0.537 e. The summed E-state index contributed by atoms with van der Waals surface area (Å²) >= 11 is 2.54. The van der Waals surface area contributed by atoms with Gasteiger partial charge >= 0.3 is 19.7 Å². The minimum Gasteiger partial charge on any atom is -0.534 e. The molecular formula is C12H9BF2N2O5S2. The van der Waals surface area contributed by atoms with Crippen LogP contribution in [0.1, 0.15) is 15.9 Å². The Balaban J connectivity index is 1.92. The lowest BCUT2D eigenvalue weighted by Gasteiger charge is -2.28. The number of alkyl halides is 2. The average molecular weight is 374 g/mol. The van der Waals surface area contributed by atoms with E-state index in [-0.39, 0.29) is 12.2 Å². The maximum atomic E-state index is 12.4. The summed E-state index contributed by atoms with van der Waals surface area (Å²) in [6.45, 7) is -3.17. The van der Waals surface area contributed by atoms with Crippen molar-refractivity contribution < 1.29 is 33.1 Å². The molecule has 0 spiro atoms. The number of carbonyl (C=O) groups is 1. The summed E-state index contributed by atoms with van der Waals surface area (Å²) in [6, 6.07) is 2.60.